The van der Waals surface area contributed by atoms with E-state index >= 15 is 0 Å². The van der Waals surface area contributed by atoms with E-state index in [0.717, 1.165) is 45.9 Å². The molecule has 4 aliphatic heterocycles. The third-order valence-electron chi connectivity index (χ3n) is 24.4. The number of aromatic nitrogens is 32. The van der Waals surface area contributed by atoms with Crippen LogP contribution in [0.1, 0.15) is 76.4 Å². The summed E-state index contributed by atoms with van der Waals surface area (Å²) in [7, 11) is 6.00. The fraction of sp³-hybridized carbons (Fsp3) is 0.191. The number of carbonyl (C=O) groups is 8. The van der Waals surface area contributed by atoms with Gasteiger partial charge in [0.15, 0.2) is 81.5 Å². The molecule has 20 heterocycles. The van der Waals surface area contributed by atoms with Crippen molar-refractivity contribution in [3.63, 3.8) is 0 Å². The number of nitrogens with zero attached hydrogens (tertiary/aromatic N) is 32. The molecule has 4 aromatic carbocycles. The first-order valence-corrected chi connectivity index (χ1v) is 44.4. The van der Waals surface area contributed by atoms with Crippen LogP contribution in [0.25, 0.3) is 112 Å². The van der Waals surface area contributed by atoms with Crippen molar-refractivity contribution in [1.82, 2.24) is 178 Å². The summed E-state index contributed by atoms with van der Waals surface area (Å²) in [4.78, 5) is 150. The van der Waals surface area contributed by atoms with Gasteiger partial charge in [-0.3, -0.25) is 38.4 Å². The summed E-state index contributed by atoms with van der Waals surface area (Å²) in [5.74, 6) is 2.95. The average Bonchev–Trinajstić information content (AvgIpc) is 1.62. The van der Waals surface area contributed by atoms with Crippen molar-refractivity contribution >= 4 is 90.4 Å². The molecule has 49 heteroatoms. The minimum atomic E-state index is -0.822. The van der Waals surface area contributed by atoms with Crippen LogP contribution in [0.5, 0.6) is 17.2 Å². The number of amides is 4. The molecular weight excluding hydrogens is 1840 g/mol. The van der Waals surface area contributed by atoms with E-state index in [9.17, 15) is 42.7 Å². The minimum Gasteiger partial charge on any atom is -0.494 e. The van der Waals surface area contributed by atoms with Crippen LogP contribution >= 0.6 is 0 Å². The largest absolute Gasteiger partial charge is 0.494 e. The Kier molecular flexibility index (Phi) is 24.1. The van der Waals surface area contributed by atoms with Crippen LogP contribution in [0, 0.1) is 12.7 Å². The molecule has 714 valence electrons. The van der Waals surface area contributed by atoms with E-state index < -0.39 is 52.6 Å². The zero-order valence-electron chi connectivity index (χ0n) is 76.4. The number of fused-ring (bicyclic) bond motifs is 8. The number of rotatable bonds is 21. The topological polar surface area (TPSA) is 547 Å². The number of aromatic amines is 4. The van der Waals surface area contributed by atoms with Gasteiger partial charge >= 0.3 is 0 Å². The van der Waals surface area contributed by atoms with Crippen LogP contribution in [0.3, 0.4) is 0 Å². The summed E-state index contributed by atoms with van der Waals surface area (Å²) >= 11 is 0. The smallest absolute Gasteiger partial charge is 0.295 e. The number of pyridine rings is 4. The van der Waals surface area contributed by atoms with E-state index in [2.05, 4.69) is 121 Å². The quantitative estimate of drug-likeness (QED) is 0.0410. The standard InChI is InChI=1S/C25H23N9O4.C24H21N9O3.C23H19N9O3.C22H16FN9O2/c1-37-13-18-28-14-34(31-18)24-21-20(17(38-2)11-27-24)16(10-26-21)22(35)25(36)32-8-9-33-19(12-32)29-30-23(33)15-6-4-3-5-7-15;1-14-27-13-33(30-14)23-20-19(17(36-2)11-26-23)16(10-25-20)21(34)24(35)31-8-9-32-18(12-31)28-29-22(32)15-6-4-3-5-7-15;1-35-16-12-25-22(32-8-7-26-29-32)19-18(16)15(11-24-19)20(33)23(34)30-9-10-31-17(13-30)27-28-21(31)14-5-3-2-4-6-14;23-15-11-25-21(32-7-6-26-29-32)18-17(15)14(10-24-18)19(33)22(34)30-8-9-31-16(12-30)27-28-20(31)13-4-2-1-3-5-13/h3-7,10-11,14,26H,8-9,12-13H2,1-2H3;3-7,10-11,13,25H,8-9,12H2,1-2H3;2-8,11-12,24H,9-10,13H2,1H3;1-7,10-11,24H,8-9,12H2. The number of Topliss-reactive ketones (excluding diaryl/α,β-unsaturated/α-hetero) is 4. The number of ketones is 4. The van der Waals surface area contributed by atoms with Gasteiger partial charge in [-0.15, -0.1) is 56.1 Å². The first-order chi connectivity index (χ1) is 69.9. The number of methoxy groups -OCH3 is 4. The molecule has 48 nitrogen and oxygen atoms in total. The monoisotopic (exact) mass is 1920 g/mol. The second-order valence-electron chi connectivity index (χ2n) is 32.7. The Morgan fingerprint density at radius 2 is 0.650 bits per heavy atom. The highest BCUT2D eigenvalue weighted by molar-refractivity contribution is 6.47. The molecule has 4 aliphatic rings. The van der Waals surface area contributed by atoms with Gasteiger partial charge in [-0.05, 0) is 6.92 Å². The van der Waals surface area contributed by atoms with Crippen LogP contribution < -0.4 is 14.2 Å². The summed E-state index contributed by atoms with van der Waals surface area (Å²) in [6.45, 7) is 5.96. The predicted molar refractivity (Wildman–Crippen MR) is 500 cm³/mol. The van der Waals surface area contributed by atoms with Gasteiger partial charge in [0.1, 0.15) is 42.3 Å². The summed E-state index contributed by atoms with van der Waals surface area (Å²) < 4.78 is 49.8. The van der Waals surface area contributed by atoms with E-state index in [4.69, 9.17) is 18.9 Å². The van der Waals surface area contributed by atoms with Crippen molar-refractivity contribution in [3.8, 4) is 86.1 Å². The van der Waals surface area contributed by atoms with Crippen LogP contribution in [0.4, 0.5) is 4.39 Å². The Morgan fingerprint density at radius 1 is 0.350 bits per heavy atom. The second-order valence-corrected chi connectivity index (χ2v) is 32.7. The van der Waals surface area contributed by atoms with Crippen LogP contribution in [0.15, 0.2) is 208 Å². The van der Waals surface area contributed by atoms with Crippen molar-refractivity contribution in [2.45, 2.75) is 65.9 Å². The molecule has 0 saturated heterocycles. The maximum atomic E-state index is 14.7. The van der Waals surface area contributed by atoms with Crippen LogP contribution in [-0.4, -0.2) is 279 Å². The number of halogens is 1. The highest BCUT2D eigenvalue weighted by atomic mass is 19.1. The Labute approximate surface area is 804 Å². The molecule has 20 aromatic rings. The molecular formula is C94H79FN36O12. The molecule has 4 amide bonds. The van der Waals surface area contributed by atoms with Gasteiger partial charge in [-0.25, -0.2) is 53.0 Å². The lowest BCUT2D eigenvalue weighted by Crippen LogP contribution is -2.42. The molecule has 4 N–H and O–H groups in total. The van der Waals surface area contributed by atoms with Gasteiger partial charge in [0.05, 0.1) is 163 Å². The van der Waals surface area contributed by atoms with Crippen LogP contribution in [0.2, 0.25) is 0 Å². The van der Waals surface area contributed by atoms with E-state index in [0.29, 0.717) is 161 Å². The molecule has 24 rings (SSSR count). The van der Waals surface area contributed by atoms with E-state index in [1.807, 2.05) is 140 Å². The lowest BCUT2D eigenvalue weighted by atomic mass is 10.1. The number of aryl methyl sites for hydroxylation is 1. The maximum absolute atomic E-state index is 14.7. The van der Waals surface area contributed by atoms with Gasteiger partial charge < -0.3 is 76.8 Å². The molecule has 143 heavy (non-hydrogen) atoms. The number of H-pyrrole nitrogens is 4. The first-order valence-electron chi connectivity index (χ1n) is 44.4. The van der Waals surface area contributed by atoms with Gasteiger partial charge in [0, 0.05) is 107 Å². The number of ether oxygens (including phenoxy) is 4. The fourth-order valence-corrected chi connectivity index (χ4v) is 17.5. The Hall–Kier alpha value is -19.4. The van der Waals surface area contributed by atoms with Crippen molar-refractivity contribution in [2.75, 3.05) is 54.6 Å². The molecule has 0 aliphatic carbocycles. The minimum absolute atomic E-state index is 0.0228. The Balaban J connectivity index is 0.000000113. The van der Waals surface area contributed by atoms with Gasteiger partial charge in [0.2, 0.25) is 0 Å². The lowest BCUT2D eigenvalue weighted by molar-refractivity contribution is -0.128. The van der Waals surface area contributed by atoms with Crippen molar-refractivity contribution in [1.29, 1.82) is 0 Å². The second kappa shape index (κ2) is 38.3. The predicted octanol–water partition coefficient (Wildman–Crippen LogP) is 7.13. The SMILES string of the molecule is COCc1ncn(-c2ncc(OC)c3c(C(=O)C(=O)N4CCn5c(nnc5-c5ccccc5)C4)c[nH]c23)n1.COc1cnc(-n2ccnn2)c2[nH]cc(C(=O)C(=O)N3CCn4c(nnc4-c4ccccc4)C3)c12.COc1cnc(-n2cnc(C)n2)c2[nH]cc(C(=O)C(=O)N3CCn4c(nnc4-c4ccccc4)C3)c12.O=C(C(=O)N1CCn2c(nnc2-c2ccccc2)C1)c1c[nH]c2c(-n3ccnn3)ncc(F)c12. The van der Waals surface area contributed by atoms with Crippen molar-refractivity contribution in [3.05, 3.63) is 271 Å². The van der Waals surface area contributed by atoms with Gasteiger partial charge in [-0.2, -0.15) is 5.10 Å². The van der Waals surface area contributed by atoms with E-state index in [1.54, 1.807) is 26.4 Å². The highest BCUT2D eigenvalue weighted by Gasteiger charge is 2.39. The molecule has 0 radical (unpaired) electrons. The average molecular weight is 1920 g/mol. The highest BCUT2D eigenvalue weighted by Crippen LogP contribution is 2.38. The van der Waals surface area contributed by atoms with Gasteiger partial charge in [-0.1, -0.05) is 132 Å². The van der Waals surface area contributed by atoms with Crippen molar-refractivity contribution < 1.29 is 61.7 Å². The number of nitrogens with one attached hydrogen (secondary N) is 4. The number of carbonyl (C=O) groups excluding carboxylic acids is 8. The fourth-order valence-electron chi connectivity index (χ4n) is 17.5. The van der Waals surface area contributed by atoms with E-state index in [-0.39, 0.29) is 71.8 Å². The summed E-state index contributed by atoms with van der Waals surface area (Å²) in [5.41, 5.74) is 6.02. The summed E-state index contributed by atoms with van der Waals surface area (Å²) in [6.07, 6.45) is 20.5. The third-order valence-corrected chi connectivity index (χ3v) is 24.4. The van der Waals surface area contributed by atoms with E-state index in [1.165, 1.54) is 128 Å². The first kappa shape index (κ1) is 90.1. The molecule has 0 saturated carbocycles. The number of hydrogen-bond donors (Lipinski definition) is 4. The zero-order valence-corrected chi connectivity index (χ0v) is 76.4. The lowest BCUT2D eigenvalue weighted by Gasteiger charge is -2.27. The molecule has 0 bridgehead atoms. The maximum Gasteiger partial charge on any atom is 0.295 e. The molecule has 0 unspecified atom stereocenters. The number of benzene rings is 4. The number of hydrogen-bond acceptors (Lipinski definition) is 32. The Bertz CT molecular complexity index is 8280. The molecule has 0 fully saturated rings. The third kappa shape index (κ3) is 16.8. The molecule has 16 aromatic heterocycles. The zero-order chi connectivity index (χ0) is 98.2. The van der Waals surface area contributed by atoms with Gasteiger partial charge in [0.25, 0.3) is 46.8 Å². The van der Waals surface area contributed by atoms with Crippen LogP contribution in [-0.2, 0) is 82.9 Å². The molecule has 0 spiro atoms. The normalized spacial score (nSPS) is 13.1. The van der Waals surface area contributed by atoms with Crippen molar-refractivity contribution in [2.24, 2.45) is 0 Å². The Morgan fingerprint density at radius 3 is 0.951 bits per heavy atom. The molecule has 0 atom stereocenters. The summed E-state index contributed by atoms with van der Waals surface area (Å²) in [6, 6.07) is 38.8. The summed E-state index contributed by atoms with van der Waals surface area (Å²) in [5, 5.41) is 59.6.